The minimum atomic E-state index is -0.479. The summed E-state index contributed by atoms with van der Waals surface area (Å²) >= 11 is 0. The van der Waals surface area contributed by atoms with Gasteiger partial charge in [-0.2, -0.15) is 0 Å². The number of likely N-dealkylation sites (tertiary alicyclic amines) is 1. The monoisotopic (exact) mass is 369 g/mol. The third-order valence-electron chi connectivity index (χ3n) is 4.63. The van der Waals surface area contributed by atoms with Crippen molar-refractivity contribution in [2.45, 2.75) is 25.7 Å². The van der Waals surface area contributed by atoms with Crippen molar-refractivity contribution in [1.82, 2.24) is 15.8 Å². The van der Waals surface area contributed by atoms with E-state index in [1.54, 1.807) is 12.1 Å². The molecule has 2 aromatic rings. The van der Waals surface area contributed by atoms with Crippen LogP contribution in [0.4, 0.5) is 0 Å². The van der Waals surface area contributed by atoms with Crippen LogP contribution in [-0.2, 0) is 9.59 Å². The number of nitrogens with zero attached hydrogens (tertiary/aromatic N) is 1. The molecule has 7 nitrogen and oxygen atoms in total. The Kier molecular flexibility index (Phi) is 5.90. The van der Waals surface area contributed by atoms with Gasteiger partial charge in [-0.3, -0.25) is 25.2 Å². The molecule has 2 aromatic carbocycles. The van der Waals surface area contributed by atoms with E-state index in [9.17, 15) is 14.4 Å². The van der Waals surface area contributed by atoms with Crippen molar-refractivity contribution in [3.05, 3.63) is 42.0 Å². The normalized spacial score (nSPS) is 14.6. The van der Waals surface area contributed by atoms with Gasteiger partial charge in [0.05, 0.1) is 12.7 Å². The molecule has 3 rings (SSSR count). The van der Waals surface area contributed by atoms with E-state index in [2.05, 4.69) is 10.9 Å². The predicted molar refractivity (Wildman–Crippen MR) is 101 cm³/mol. The zero-order valence-corrected chi connectivity index (χ0v) is 15.3. The van der Waals surface area contributed by atoms with Gasteiger partial charge in [0.25, 0.3) is 11.8 Å². The standard InChI is InChI=1S/C20H23N3O4/c1-27-17-12-15-8-5-4-7-14(15)11-16(17)20(26)22-21-18(24)13-23-10-6-2-3-9-19(23)25/h4-5,7-8,11-12H,2-3,6,9-10,13H2,1H3,(H,21,24)(H,22,26). The number of carbonyl (C=O) groups is 3. The topological polar surface area (TPSA) is 87.7 Å². The molecule has 27 heavy (non-hydrogen) atoms. The lowest BCUT2D eigenvalue weighted by molar-refractivity contribution is -0.135. The van der Waals surface area contributed by atoms with Crippen molar-refractivity contribution in [3.8, 4) is 5.75 Å². The Balaban J connectivity index is 1.64. The first-order valence-corrected chi connectivity index (χ1v) is 9.02. The van der Waals surface area contributed by atoms with E-state index < -0.39 is 11.8 Å². The first kappa shape index (κ1) is 18.7. The maximum Gasteiger partial charge on any atom is 0.273 e. The van der Waals surface area contributed by atoms with Crippen molar-refractivity contribution in [1.29, 1.82) is 0 Å². The van der Waals surface area contributed by atoms with E-state index >= 15 is 0 Å². The Morgan fingerprint density at radius 1 is 1.07 bits per heavy atom. The highest BCUT2D eigenvalue weighted by Gasteiger charge is 2.20. The molecule has 1 aliphatic heterocycles. The van der Waals surface area contributed by atoms with Crippen LogP contribution in [0, 0.1) is 0 Å². The summed E-state index contributed by atoms with van der Waals surface area (Å²) in [5.74, 6) is -0.514. The molecule has 142 valence electrons. The van der Waals surface area contributed by atoms with Crippen LogP contribution in [0.3, 0.4) is 0 Å². The van der Waals surface area contributed by atoms with Gasteiger partial charge < -0.3 is 9.64 Å². The number of ether oxygens (including phenoxy) is 1. The number of rotatable bonds is 4. The molecule has 1 saturated heterocycles. The Morgan fingerprint density at radius 2 is 1.81 bits per heavy atom. The number of nitrogens with one attached hydrogen (secondary N) is 2. The molecule has 3 amide bonds. The lowest BCUT2D eigenvalue weighted by Crippen LogP contribution is -2.47. The first-order chi connectivity index (χ1) is 13.1. The fourth-order valence-electron chi connectivity index (χ4n) is 3.18. The van der Waals surface area contributed by atoms with Gasteiger partial charge in [-0.25, -0.2) is 0 Å². The molecular weight excluding hydrogens is 346 g/mol. The second-order valence-corrected chi connectivity index (χ2v) is 6.53. The summed E-state index contributed by atoms with van der Waals surface area (Å²) < 4.78 is 5.30. The summed E-state index contributed by atoms with van der Waals surface area (Å²) in [6.45, 7) is 0.507. The fraction of sp³-hybridized carbons (Fsp3) is 0.350. The molecule has 2 N–H and O–H groups in total. The minimum absolute atomic E-state index is 0.0230. The number of amides is 3. The van der Waals surface area contributed by atoms with E-state index in [4.69, 9.17) is 4.74 Å². The van der Waals surface area contributed by atoms with Crippen molar-refractivity contribution < 1.29 is 19.1 Å². The molecule has 0 aromatic heterocycles. The molecule has 0 spiro atoms. The van der Waals surface area contributed by atoms with Gasteiger partial charge in [-0.15, -0.1) is 0 Å². The lowest BCUT2D eigenvalue weighted by atomic mass is 10.1. The Bertz CT molecular complexity index is 865. The Labute approximate surface area is 157 Å². The maximum atomic E-state index is 12.5. The predicted octanol–water partition coefficient (Wildman–Crippen LogP) is 2.01. The second-order valence-electron chi connectivity index (χ2n) is 6.53. The van der Waals surface area contributed by atoms with Crippen LogP contribution in [0.25, 0.3) is 10.8 Å². The summed E-state index contributed by atoms with van der Waals surface area (Å²) in [6, 6.07) is 11.1. The number of hydrogen-bond donors (Lipinski definition) is 2. The largest absolute Gasteiger partial charge is 0.496 e. The molecule has 1 fully saturated rings. The van der Waals surface area contributed by atoms with E-state index in [-0.39, 0.29) is 12.5 Å². The van der Waals surface area contributed by atoms with Gasteiger partial charge in [-0.05, 0) is 35.7 Å². The summed E-state index contributed by atoms with van der Waals surface area (Å²) in [6.07, 6.45) is 3.20. The van der Waals surface area contributed by atoms with Crippen molar-refractivity contribution in [3.63, 3.8) is 0 Å². The highest BCUT2D eigenvalue weighted by atomic mass is 16.5. The van der Waals surface area contributed by atoms with E-state index in [1.807, 2.05) is 24.3 Å². The Hall–Kier alpha value is -3.09. The number of methoxy groups -OCH3 is 1. The van der Waals surface area contributed by atoms with Crippen LogP contribution in [0.1, 0.15) is 36.0 Å². The van der Waals surface area contributed by atoms with E-state index in [1.165, 1.54) is 12.0 Å². The average molecular weight is 369 g/mol. The molecule has 0 aliphatic carbocycles. The molecule has 0 saturated carbocycles. The van der Waals surface area contributed by atoms with Crippen LogP contribution < -0.4 is 15.6 Å². The molecule has 0 atom stereocenters. The second kappa shape index (κ2) is 8.53. The highest BCUT2D eigenvalue weighted by Crippen LogP contribution is 2.25. The van der Waals surface area contributed by atoms with Gasteiger partial charge in [0.2, 0.25) is 5.91 Å². The van der Waals surface area contributed by atoms with Crippen LogP contribution in [0.15, 0.2) is 36.4 Å². The van der Waals surface area contributed by atoms with Crippen LogP contribution >= 0.6 is 0 Å². The minimum Gasteiger partial charge on any atom is -0.496 e. The molecule has 1 heterocycles. The van der Waals surface area contributed by atoms with Crippen LogP contribution in [0.2, 0.25) is 0 Å². The SMILES string of the molecule is COc1cc2ccccc2cc1C(=O)NNC(=O)CN1CCCCCC1=O. The fourth-order valence-corrected chi connectivity index (χ4v) is 3.18. The Morgan fingerprint density at radius 3 is 2.56 bits per heavy atom. The van der Waals surface area contributed by atoms with Crippen molar-refractivity contribution >= 4 is 28.5 Å². The van der Waals surface area contributed by atoms with Crippen molar-refractivity contribution in [2.75, 3.05) is 20.2 Å². The van der Waals surface area contributed by atoms with Gasteiger partial charge >= 0.3 is 0 Å². The number of fused-ring (bicyclic) bond motifs is 1. The van der Waals surface area contributed by atoms with Gasteiger partial charge in [0, 0.05) is 13.0 Å². The summed E-state index contributed by atoms with van der Waals surface area (Å²) in [5, 5.41) is 1.85. The molecule has 1 aliphatic rings. The molecule has 7 heteroatoms. The average Bonchev–Trinajstić information content (AvgIpc) is 2.89. The summed E-state index contributed by atoms with van der Waals surface area (Å²) in [5.41, 5.74) is 5.10. The number of hydrazine groups is 1. The summed E-state index contributed by atoms with van der Waals surface area (Å²) in [4.78, 5) is 38.1. The molecule has 0 radical (unpaired) electrons. The highest BCUT2D eigenvalue weighted by molar-refractivity contribution is 6.02. The maximum absolute atomic E-state index is 12.5. The van der Waals surface area contributed by atoms with Crippen LogP contribution in [0.5, 0.6) is 5.75 Å². The number of benzene rings is 2. The third-order valence-corrected chi connectivity index (χ3v) is 4.63. The quantitative estimate of drug-likeness (QED) is 0.807. The van der Waals surface area contributed by atoms with Gasteiger partial charge in [0.15, 0.2) is 0 Å². The number of carbonyl (C=O) groups excluding carboxylic acids is 3. The zero-order valence-electron chi connectivity index (χ0n) is 15.3. The smallest absolute Gasteiger partial charge is 0.273 e. The summed E-state index contributed by atoms with van der Waals surface area (Å²) in [7, 11) is 1.49. The third kappa shape index (κ3) is 4.55. The molecular formula is C20H23N3O4. The lowest BCUT2D eigenvalue weighted by Gasteiger charge is -2.20. The molecule has 0 unspecified atom stereocenters. The van der Waals surface area contributed by atoms with E-state index in [0.717, 1.165) is 30.0 Å². The van der Waals surface area contributed by atoms with Crippen molar-refractivity contribution in [2.24, 2.45) is 0 Å². The van der Waals surface area contributed by atoms with E-state index in [0.29, 0.717) is 24.3 Å². The first-order valence-electron chi connectivity index (χ1n) is 9.02. The zero-order chi connectivity index (χ0) is 19.2. The van der Waals surface area contributed by atoms with Gasteiger partial charge in [-0.1, -0.05) is 30.7 Å². The molecule has 0 bridgehead atoms. The van der Waals surface area contributed by atoms with Gasteiger partial charge in [0.1, 0.15) is 12.3 Å². The number of hydrogen-bond acceptors (Lipinski definition) is 4. The van der Waals surface area contributed by atoms with Crippen LogP contribution in [-0.4, -0.2) is 42.8 Å².